The average molecular weight is 165 g/mol. The summed E-state index contributed by atoms with van der Waals surface area (Å²) in [6.07, 6.45) is 8.50. The summed E-state index contributed by atoms with van der Waals surface area (Å²) >= 11 is 0. The number of hydrogen-bond donors (Lipinski definition) is 0. The summed E-state index contributed by atoms with van der Waals surface area (Å²) in [5.74, 6) is 0. The molecular weight excluding hydrogens is 150 g/mol. The summed E-state index contributed by atoms with van der Waals surface area (Å²) in [4.78, 5) is 6.53. The van der Waals surface area contributed by atoms with Gasteiger partial charge in [-0.1, -0.05) is 0 Å². The highest BCUT2D eigenvalue weighted by molar-refractivity contribution is 4.75. The third-order valence-corrected chi connectivity index (χ3v) is 2.43. The Kier molecular flexibility index (Phi) is 2.42. The number of nitrogens with zero attached hydrogens (tertiary/aromatic N) is 3. The van der Waals surface area contributed by atoms with Crippen molar-refractivity contribution >= 4 is 0 Å². The van der Waals surface area contributed by atoms with Crippen LogP contribution in [0.4, 0.5) is 0 Å². The SMILES string of the molecule is c1cn(CCN2CCCC2)cn1. The van der Waals surface area contributed by atoms with Crippen LogP contribution in [0.5, 0.6) is 0 Å². The fourth-order valence-corrected chi connectivity index (χ4v) is 1.68. The highest BCUT2D eigenvalue weighted by atomic mass is 15.2. The second-order valence-electron chi connectivity index (χ2n) is 3.35. The molecule has 1 aliphatic rings. The lowest BCUT2D eigenvalue weighted by Crippen LogP contribution is -2.23. The van der Waals surface area contributed by atoms with Gasteiger partial charge in [-0.25, -0.2) is 4.98 Å². The third-order valence-electron chi connectivity index (χ3n) is 2.43. The first-order valence-electron chi connectivity index (χ1n) is 4.63. The molecule has 0 bridgehead atoms. The van der Waals surface area contributed by atoms with Crippen LogP contribution < -0.4 is 0 Å². The van der Waals surface area contributed by atoms with Gasteiger partial charge >= 0.3 is 0 Å². The molecule has 0 amide bonds. The molecule has 2 rings (SSSR count). The van der Waals surface area contributed by atoms with Gasteiger partial charge in [-0.15, -0.1) is 0 Å². The first kappa shape index (κ1) is 7.80. The van der Waals surface area contributed by atoms with Crippen molar-refractivity contribution in [1.29, 1.82) is 0 Å². The Balaban J connectivity index is 1.74. The van der Waals surface area contributed by atoms with Crippen molar-refractivity contribution < 1.29 is 0 Å². The minimum absolute atomic E-state index is 1.08. The second-order valence-corrected chi connectivity index (χ2v) is 3.35. The largest absolute Gasteiger partial charge is 0.336 e. The molecule has 0 unspecified atom stereocenters. The Morgan fingerprint density at radius 3 is 2.67 bits per heavy atom. The monoisotopic (exact) mass is 165 g/mol. The molecule has 0 atom stereocenters. The summed E-state index contributed by atoms with van der Waals surface area (Å²) in [6.45, 7) is 4.83. The van der Waals surface area contributed by atoms with Gasteiger partial charge in [-0.05, 0) is 25.9 Å². The van der Waals surface area contributed by atoms with Crippen LogP contribution in [0.25, 0.3) is 0 Å². The molecule has 0 spiro atoms. The van der Waals surface area contributed by atoms with E-state index in [0.717, 1.165) is 6.54 Å². The molecule has 0 N–H and O–H groups in total. The van der Waals surface area contributed by atoms with Gasteiger partial charge in [0.25, 0.3) is 0 Å². The van der Waals surface area contributed by atoms with Crippen molar-refractivity contribution in [3.05, 3.63) is 18.7 Å². The van der Waals surface area contributed by atoms with Crippen molar-refractivity contribution in [2.75, 3.05) is 19.6 Å². The Hall–Kier alpha value is -0.830. The summed E-state index contributed by atoms with van der Waals surface area (Å²) in [7, 11) is 0. The Morgan fingerprint density at radius 1 is 1.17 bits per heavy atom. The van der Waals surface area contributed by atoms with Crippen LogP contribution in [0, 0.1) is 0 Å². The van der Waals surface area contributed by atoms with Gasteiger partial charge in [0.15, 0.2) is 0 Å². The van der Waals surface area contributed by atoms with Crippen LogP contribution in [-0.4, -0.2) is 34.1 Å². The zero-order valence-corrected chi connectivity index (χ0v) is 7.32. The molecular formula is C9H15N3. The second kappa shape index (κ2) is 3.72. The quantitative estimate of drug-likeness (QED) is 0.665. The molecule has 3 heteroatoms. The molecule has 0 saturated carbocycles. The smallest absolute Gasteiger partial charge is 0.0946 e. The van der Waals surface area contributed by atoms with Crippen LogP contribution in [0.15, 0.2) is 18.7 Å². The molecule has 1 fully saturated rings. The predicted molar refractivity (Wildman–Crippen MR) is 47.9 cm³/mol. The minimum atomic E-state index is 1.08. The van der Waals surface area contributed by atoms with E-state index in [0.29, 0.717) is 0 Å². The van der Waals surface area contributed by atoms with Crippen LogP contribution in [-0.2, 0) is 6.54 Å². The lowest BCUT2D eigenvalue weighted by atomic mass is 10.4. The minimum Gasteiger partial charge on any atom is -0.336 e. The highest BCUT2D eigenvalue weighted by Crippen LogP contribution is 2.06. The number of hydrogen-bond acceptors (Lipinski definition) is 2. The normalized spacial score (nSPS) is 18.7. The maximum absolute atomic E-state index is 4.01. The standard InChI is InChI=1S/C9H15N3/c1-2-5-11(4-1)7-8-12-6-3-10-9-12/h3,6,9H,1-2,4-5,7-8H2. The third kappa shape index (κ3) is 1.85. The van der Waals surface area contributed by atoms with Crippen molar-refractivity contribution in [3.8, 4) is 0 Å². The van der Waals surface area contributed by atoms with Gasteiger partial charge in [-0.3, -0.25) is 0 Å². The number of imidazole rings is 1. The van der Waals surface area contributed by atoms with Gasteiger partial charge in [0.1, 0.15) is 0 Å². The van der Waals surface area contributed by atoms with E-state index in [1.165, 1.54) is 32.5 Å². The van der Waals surface area contributed by atoms with Crippen LogP contribution in [0.3, 0.4) is 0 Å². The fraction of sp³-hybridized carbons (Fsp3) is 0.667. The molecule has 3 nitrogen and oxygen atoms in total. The van der Waals surface area contributed by atoms with Crippen molar-refractivity contribution in [3.63, 3.8) is 0 Å². The Morgan fingerprint density at radius 2 is 2.00 bits per heavy atom. The van der Waals surface area contributed by atoms with E-state index in [9.17, 15) is 0 Å². The molecule has 12 heavy (non-hydrogen) atoms. The highest BCUT2D eigenvalue weighted by Gasteiger charge is 2.10. The lowest BCUT2D eigenvalue weighted by molar-refractivity contribution is 0.322. The topological polar surface area (TPSA) is 21.1 Å². The predicted octanol–water partition coefficient (Wildman–Crippen LogP) is 0.979. The first-order valence-corrected chi connectivity index (χ1v) is 4.63. The molecule has 1 aromatic rings. The van der Waals surface area contributed by atoms with E-state index in [1.54, 1.807) is 0 Å². The molecule has 0 aliphatic carbocycles. The number of aromatic nitrogens is 2. The van der Waals surface area contributed by atoms with Crippen molar-refractivity contribution in [1.82, 2.24) is 14.5 Å². The lowest BCUT2D eigenvalue weighted by Gasteiger charge is -2.13. The Bertz CT molecular complexity index is 212. The molecule has 1 aliphatic heterocycles. The maximum Gasteiger partial charge on any atom is 0.0946 e. The first-order chi connectivity index (χ1) is 5.95. The average Bonchev–Trinajstić information content (AvgIpc) is 2.74. The summed E-state index contributed by atoms with van der Waals surface area (Å²) in [5.41, 5.74) is 0. The number of rotatable bonds is 3. The zero-order chi connectivity index (χ0) is 8.23. The summed E-state index contributed by atoms with van der Waals surface area (Å²) in [5, 5.41) is 0. The van der Waals surface area contributed by atoms with E-state index < -0.39 is 0 Å². The van der Waals surface area contributed by atoms with Crippen LogP contribution in [0.1, 0.15) is 12.8 Å². The van der Waals surface area contributed by atoms with Gasteiger partial charge < -0.3 is 9.47 Å². The van der Waals surface area contributed by atoms with Gasteiger partial charge in [-0.2, -0.15) is 0 Å². The molecule has 66 valence electrons. The zero-order valence-electron chi connectivity index (χ0n) is 7.32. The van der Waals surface area contributed by atoms with Crippen LogP contribution in [0.2, 0.25) is 0 Å². The fourth-order valence-electron chi connectivity index (χ4n) is 1.68. The van der Waals surface area contributed by atoms with E-state index >= 15 is 0 Å². The summed E-state index contributed by atoms with van der Waals surface area (Å²) in [6, 6.07) is 0. The van der Waals surface area contributed by atoms with Gasteiger partial charge in [0, 0.05) is 25.5 Å². The Labute approximate surface area is 73.0 Å². The van der Waals surface area contributed by atoms with E-state index in [1.807, 2.05) is 18.7 Å². The van der Waals surface area contributed by atoms with Crippen molar-refractivity contribution in [2.45, 2.75) is 19.4 Å². The molecule has 1 saturated heterocycles. The molecule has 2 heterocycles. The molecule has 0 radical (unpaired) electrons. The summed E-state index contributed by atoms with van der Waals surface area (Å²) < 4.78 is 2.14. The van der Waals surface area contributed by atoms with E-state index in [-0.39, 0.29) is 0 Å². The van der Waals surface area contributed by atoms with Gasteiger partial charge in [0.2, 0.25) is 0 Å². The van der Waals surface area contributed by atoms with Crippen LogP contribution >= 0.6 is 0 Å². The maximum atomic E-state index is 4.01. The van der Waals surface area contributed by atoms with E-state index in [4.69, 9.17) is 0 Å². The van der Waals surface area contributed by atoms with E-state index in [2.05, 4.69) is 14.5 Å². The molecule has 1 aromatic heterocycles. The van der Waals surface area contributed by atoms with Gasteiger partial charge in [0.05, 0.1) is 6.33 Å². The molecule has 0 aromatic carbocycles. The van der Waals surface area contributed by atoms with Crippen molar-refractivity contribution in [2.24, 2.45) is 0 Å². The number of likely N-dealkylation sites (tertiary alicyclic amines) is 1.